The summed E-state index contributed by atoms with van der Waals surface area (Å²) < 4.78 is 5.00. The van der Waals surface area contributed by atoms with Gasteiger partial charge in [0.2, 0.25) is 5.91 Å². The number of hydrogen-bond donors (Lipinski definition) is 2. The average molecular weight is 202 g/mol. The second-order valence-corrected chi connectivity index (χ2v) is 4.22. The van der Waals surface area contributed by atoms with Gasteiger partial charge in [-0.1, -0.05) is 13.8 Å². The number of nitrogens with two attached hydrogens (primary N) is 1. The zero-order chi connectivity index (χ0) is 11.0. The van der Waals surface area contributed by atoms with Gasteiger partial charge in [-0.2, -0.15) is 0 Å². The molecule has 4 nitrogen and oxygen atoms in total. The van der Waals surface area contributed by atoms with Crippen LogP contribution in [0.1, 0.15) is 26.7 Å². The van der Waals surface area contributed by atoms with Gasteiger partial charge in [0.1, 0.15) is 0 Å². The molecule has 0 aromatic rings. The van der Waals surface area contributed by atoms with Crippen LogP contribution in [0.4, 0.5) is 0 Å². The smallest absolute Gasteiger partial charge is 0.221 e. The summed E-state index contributed by atoms with van der Waals surface area (Å²) in [6.07, 6.45) is 1.34. The molecule has 0 aromatic carbocycles. The van der Waals surface area contributed by atoms with Crippen LogP contribution in [0.15, 0.2) is 0 Å². The Morgan fingerprint density at radius 1 is 1.50 bits per heavy atom. The Hall–Kier alpha value is -0.610. The number of carbonyl (C=O) groups is 1. The topological polar surface area (TPSA) is 64.3 Å². The van der Waals surface area contributed by atoms with Gasteiger partial charge >= 0.3 is 0 Å². The first kappa shape index (κ1) is 13.4. The van der Waals surface area contributed by atoms with Crippen molar-refractivity contribution in [3.05, 3.63) is 0 Å². The predicted octanol–water partition coefficient (Wildman–Crippen LogP) is 0.514. The molecule has 0 atom stereocenters. The highest BCUT2D eigenvalue weighted by Crippen LogP contribution is 2.18. The van der Waals surface area contributed by atoms with Crippen molar-refractivity contribution in [3.63, 3.8) is 0 Å². The van der Waals surface area contributed by atoms with E-state index in [1.807, 2.05) is 0 Å². The van der Waals surface area contributed by atoms with Crippen LogP contribution in [0.5, 0.6) is 0 Å². The molecule has 0 aliphatic carbocycles. The fraction of sp³-hybridized carbons (Fsp3) is 0.900. The number of amides is 1. The molecular weight excluding hydrogens is 180 g/mol. The van der Waals surface area contributed by atoms with Gasteiger partial charge in [-0.05, 0) is 11.8 Å². The quantitative estimate of drug-likeness (QED) is 0.632. The molecule has 1 amide bonds. The predicted molar refractivity (Wildman–Crippen MR) is 57.0 cm³/mol. The average Bonchev–Trinajstić information content (AvgIpc) is 2.13. The van der Waals surface area contributed by atoms with Gasteiger partial charge in [-0.25, -0.2) is 0 Å². The monoisotopic (exact) mass is 202 g/mol. The fourth-order valence-electron chi connectivity index (χ4n) is 1.02. The van der Waals surface area contributed by atoms with E-state index in [4.69, 9.17) is 10.5 Å². The van der Waals surface area contributed by atoms with Gasteiger partial charge < -0.3 is 15.8 Å². The van der Waals surface area contributed by atoms with Crippen molar-refractivity contribution in [2.24, 2.45) is 11.1 Å². The van der Waals surface area contributed by atoms with Crippen LogP contribution in [0.2, 0.25) is 0 Å². The second kappa shape index (κ2) is 6.79. The normalized spacial score (nSPS) is 11.4. The molecule has 84 valence electrons. The van der Waals surface area contributed by atoms with Gasteiger partial charge in [-0.3, -0.25) is 4.79 Å². The summed E-state index contributed by atoms with van der Waals surface area (Å²) >= 11 is 0. The van der Waals surface area contributed by atoms with Crippen molar-refractivity contribution in [2.75, 3.05) is 26.8 Å². The summed E-state index contributed by atoms with van der Waals surface area (Å²) in [5, 5.41) is 2.86. The van der Waals surface area contributed by atoms with E-state index in [0.717, 1.165) is 13.0 Å². The summed E-state index contributed by atoms with van der Waals surface area (Å²) in [5.41, 5.74) is 5.35. The minimum absolute atomic E-state index is 0.0259. The minimum Gasteiger partial charge on any atom is -0.385 e. The highest BCUT2D eigenvalue weighted by molar-refractivity contribution is 5.76. The second-order valence-electron chi connectivity index (χ2n) is 4.22. The fourth-order valence-corrected chi connectivity index (χ4v) is 1.02. The minimum atomic E-state index is 0.0259. The molecule has 0 fully saturated rings. The maximum Gasteiger partial charge on any atom is 0.221 e. The molecule has 0 saturated heterocycles. The standard InChI is InChI=1S/C10H22N2O2/c1-10(2,5-7-14-3)8-12-9(13)4-6-11/h4-8,11H2,1-3H3,(H,12,13). The van der Waals surface area contributed by atoms with Crippen molar-refractivity contribution >= 4 is 5.91 Å². The molecule has 0 saturated carbocycles. The first-order chi connectivity index (χ1) is 6.52. The Balaban J connectivity index is 3.68. The van der Waals surface area contributed by atoms with Crippen LogP contribution >= 0.6 is 0 Å². The van der Waals surface area contributed by atoms with E-state index in [9.17, 15) is 4.79 Å². The lowest BCUT2D eigenvalue weighted by molar-refractivity contribution is -0.121. The Morgan fingerprint density at radius 3 is 2.64 bits per heavy atom. The number of carbonyl (C=O) groups excluding carboxylic acids is 1. The van der Waals surface area contributed by atoms with Crippen LogP contribution in [-0.2, 0) is 9.53 Å². The molecule has 0 unspecified atom stereocenters. The first-order valence-corrected chi connectivity index (χ1v) is 4.97. The summed E-state index contributed by atoms with van der Waals surface area (Å²) in [5.74, 6) is 0.0259. The van der Waals surface area contributed by atoms with E-state index in [1.54, 1.807) is 7.11 Å². The Morgan fingerprint density at radius 2 is 2.14 bits per heavy atom. The lowest BCUT2D eigenvalue weighted by Crippen LogP contribution is -2.35. The zero-order valence-electron chi connectivity index (χ0n) is 9.43. The maximum atomic E-state index is 11.1. The third-order valence-corrected chi connectivity index (χ3v) is 2.12. The molecular formula is C10H22N2O2. The van der Waals surface area contributed by atoms with Gasteiger partial charge in [0.25, 0.3) is 0 Å². The SMILES string of the molecule is COCCC(C)(C)CNC(=O)CCN. The highest BCUT2D eigenvalue weighted by Gasteiger charge is 2.17. The Kier molecular flexibility index (Phi) is 6.49. The maximum absolute atomic E-state index is 11.1. The lowest BCUT2D eigenvalue weighted by atomic mass is 9.90. The van der Waals surface area contributed by atoms with Crippen molar-refractivity contribution < 1.29 is 9.53 Å². The lowest BCUT2D eigenvalue weighted by Gasteiger charge is -2.24. The largest absolute Gasteiger partial charge is 0.385 e. The van der Waals surface area contributed by atoms with Crippen LogP contribution in [0.3, 0.4) is 0 Å². The third kappa shape index (κ3) is 6.86. The van der Waals surface area contributed by atoms with E-state index in [-0.39, 0.29) is 11.3 Å². The summed E-state index contributed by atoms with van der Waals surface area (Å²) in [6, 6.07) is 0. The van der Waals surface area contributed by atoms with Crippen molar-refractivity contribution in [3.8, 4) is 0 Å². The molecule has 0 radical (unpaired) electrons. The van der Waals surface area contributed by atoms with Crippen molar-refractivity contribution in [1.82, 2.24) is 5.32 Å². The van der Waals surface area contributed by atoms with E-state index < -0.39 is 0 Å². The van der Waals surface area contributed by atoms with Gasteiger partial charge in [-0.15, -0.1) is 0 Å². The summed E-state index contributed by atoms with van der Waals surface area (Å²) in [6.45, 7) is 6.02. The summed E-state index contributed by atoms with van der Waals surface area (Å²) in [7, 11) is 1.68. The molecule has 4 heteroatoms. The molecule has 0 bridgehead atoms. The third-order valence-electron chi connectivity index (χ3n) is 2.12. The first-order valence-electron chi connectivity index (χ1n) is 4.97. The zero-order valence-corrected chi connectivity index (χ0v) is 9.43. The molecule has 0 spiro atoms. The number of hydrogen-bond acceptors (Lipinski definition) is 3. The van der Waals surface area contributed by atoms with Crippen LogP contribution < -0.4 is 11.1 Å². The van der Waals surface area contributed by atoms with E-state index in [1.165, 1.54) is 0 Å². The van der Waals surface area contributed by atoms with Crippen LogP contribution in [0.25, 0.3) is 0 Å². The van der Waals surface area contributed by atoms with Gasteiger partial charge in [0, 0.05) is 33.2 Å². The van der Waals surface area contributed by atoms with E-state index >= 15 is 0 Å². The van der Waals surface area contributed by atoms with Crippen LogP contribution in [0, 0.1) is 5.41 Å². The molecule has 0 aromatic heterocycles. The number of nitrogens with one attached hydrogen (secondary N) is 1. The molecule has 14 heavy (non-hydrogen) atoms. The van der Waals surface area contributed by atoms with Crippen molar-refractivity contribution in [1.29, 1.82) is 0 Å². The molecule has 0 aliphatic rings. The Bertz CT molecular complexity index is 170. The van der Waals surface area contributed by atoms with Gasteiger partial charge in [0.05, 0.1) is 0 Å². The van der Waals surface area contributed by atoms with Crippen LogP contribution in [-0.4, -0.2) is 32.7 Å². The molecule has 0 heterocycles. The molecule has 0 rings (SSSR count). The van der Waals surface area contributed by atoms with E-state index in [2.05, 4.69) is 19.2 Å². The number of ether oxygens (including phenoxy) is 1. The van der Waals surface area contributed by atoms with E-state index in [0.29, 0.717) is 19.5 Å². The number of methoxy groups -OCH3 is 1. The van der Waals surface area contributed by atoms with Crippen molar-refractivity contribution in [2.45, 2.75) is 26.7 Å². The van der Waals surface area contributed by atoms with Gasteiger partial charge in [0.15, 0.2) is 0 Å². The Labute approximate surface area is 86.2 Å². The summed E-state index contributed by atoms with van der Waals surface area (Å²) in [4.78, 5) is 11.1. The highest BCUT2D eigenvalue weighted by atomic mass is 16.5. The number of rotatable bonds is 7. The molecule has 3 N–H and O–H groups in total. The molecule has 0 aliphatic heterocycles.